The fraction of sp³-hybridized carbons (Fsp3) is 0.833. The van der Waals surface area contributed by atoms with Gasteiger partial charge in [0, 0.05) is 12.8 Å². The summed E-state index contributed by atoms with van der Waals surface area (Å²) in [6, 6.07) is 0. The Kier molecular flexibility index (Phi) is 3.22. The van der Waals surface area contributed by atoms with Gasteiger partial charge in [-0.3, -0.25) is 9.59 Å². The molecule has 0 heterocycles. The Morgan fingerprint density at radius 1 is 1.27 bits per heavy atom. The summed E-state index contributed by atoms with van der Waals surface area (Å²) in [6.07, 6.45) is 2.39. The summed E-state index contributed by atoms with van der Waals surface area (Å²) >= 11 is 0. The normalized spacial score (nSPS) is 21.2. The minimum absolute atomic E-state index is 0.181. The average Bonchev–Trinajstić information content (AvgIpc) is 2.09. The summed E-state index contributed by atoms with van der Waals surface area (Å²) < 4.78 is 5.50. The molecule has 1 aliphatic rings. The number of rotatable bonds is 1. The second-order valence-corrected chi connectivity index (χ2v) is 5.63. The predicted octanol–water partition coefficient (Wildman–Crippen LogP) is 2.48. The van der Waals surface area contributed by atoms with Gasteiger partial charge in [0.1, 0.15) is 11.4 Å². The monoisotopic (exact) mass is 212 g/mol. The van der Waals surface area contributed by atoms with E-state index < -0.39 is 11.0 Å². The molecule has 3 heteroatoms. The van der Waals surface area contributed by atoms with Gasteiger partial charge < -0.3 is 4.74 Å². The topological polar surface area (TPSA) is 43.4 Å². The van der Waals surface area contributed by atoms with Crippen LogP contribution in [0.1, 0.15) is 53.4 Å². The Labute approximate surface area is 91.2 Å². The number of hydrogen-bond acceptors (Lipinski definition) is 3. The molecule has 1 saturated carbocycles. The Bertz CT molecular complexity index is 263. The van der Waals surface area contributed by atoms with Crippen molar-refractivity contribution in [1.29, 1.82) is 0 Å². The minimum Gasteiger partial charge on any atom is -0.459 e. The van der Waals surface area contributed by atoms with Crippen LogP contribution < -0.4 is 0 Å². The van der Waals surface area contributed by atoms with E-state index in [9.17, 15) is 9.59 Å². The van der Waals surface area contributed by atoms with Gasteiger partial charge >= 0.3 is 5.97 Å². The number of hydrogen-bond donors (Lipinski definition) is 0. The van der Waals surface area contributed by atoms with Gasteiger partial charge in [-0.05, 0) is 40.5 Å². The lowest BCUT2D eigenvalue weighted by Gasteiger charge is -2.34. The van der Waals surface area contributed by atoms with Crippen molar-refractivity contribution in [2.24, 2.45) is 5.41 Å². The highest BCUT2D eigenvalue weighted by molar-refractivity contribution is 5.80. The third-order valence-corrected chi connectivity index (χ3v) is 2.82. The van der Waals surface area contributed by atoms with Gasteiger partial charge in [-0.25, -0.2) is 0 Å². The molecular weight excluding hydrogens is 192 g/mol. The van der Waals surface area contributed by atoms with Crippen LogP contribution in [0.25, 0.3) is 0 Å². The second kappa shape index (κ2) is 3.95. The van der Waals surface area contributed by atoms with Gasteiger partial charge in [0.05, 0.1) is 5.41 Å². The zero-order chi connectivity index (χ0) is 11.7. The number of ether oxygens (including phenoxy) is 1. The molecule has 0 atom stereocenters. The number of carbonyl (C=O) groups excluding carboxylic acids is 2. The van der Waals surface area contributed by atoms with E-state index in [0.717, 1.165) is 0 Å². The number of ketones is 1. The van der Waals surface area contributed by atoms with E-state index in [-0.39, 0.29) is 11.8 Å². The molecule has 0 N–H and O–H groups in total. The van der Waals surface area contributed by atoms with Crippen molar-refractivity contribution >= 4 is 11.8 Å². The van der Waals surface area contributed by atoms with Crippen LogP contribution in [0.3, 0.4) is 0 Å². The first-order valence-corrected chi connectivity index (χ1v) is 5.48. The first-order valence-electron chi connectivity index (χ1n) is 5.48. The maximum atomic E-state index is 11.7. The van der Waals surface area contributed by atoms with Crippen LogP contribution in [0.4, 0.5) is 0 Å². The Morgan fingerprint density at radius 3 is 2.13 bits per heavy atom. The molecule has 1 aliphatic carbocycles. The van der Waals surface area contributed by atoms with Crippen LogP contribution in [0, 0.1) is 5.41 Å². The van der Waals surface area contributed by atoms with E-state index in [1.165, 1.54) is 0 Å². The quantitative estimate of drug-likeness (QED) is 0.627. The summed E-state index contributed by atoms with van der Waals surface area (Å²) in [7, 11) is 0. The average molecular weight is 212 g/mol. The highest BCUT2D eigenvalue weighted by Gasteiger charge is 2.36. The molecule has 0 bridgehead atoms. The van der Waals surface area contributed by atoms with E-state index in [1.807, 2.05) is 27.7 Å². The third-order valence-electron chi connectivity index (χ3n) is 2.82. The van der Waals surface area contributed by atoms with E-state index in [1.54, 1.807) is 0 Å². The second-order valence-electron chi connectivity index (χ2n) is 5.63. The van der Waals surface area contributed by atoms with Crippen LogP contribution in [0.5, 0.6) is 0 Å². The predicted molar refractivity (Wildman–Crippen MR) is 57.4 cm³/mol. The van der Waals surface area contributed by atoms with Crippen molar-refractivity contribution in [2.75, 3.05) is 0 Å². The molecule has 0 aromatic rings. The fourth-order valence-corrected chi connectivity index (χ4v) is 1.54. The number of esters is 1. The zero-order valence-electron chi connectivity index (χ0n) is 10.1. The van der Waals surface area contributed by atoms with Crippen LogP contribution in [0.15, 0.2) is 0 Å². The van der Waals surface area contributed by atoms with Crippen molar-refractivity contribution in [3.05, 3.63) is 0 Å². The van der Waals surface area contributed by atoms with Gasteiger partial charge in [-0.2, -0.15) is 0 Å². The van der Waals surface area contributed by atoms with Crippen molar-refractivity contribution in [1.82, 2.24) is 0 Å². The Morgan fingerprint density at radius 2 is 1.73 bits per heavy atom. The molecule has 0 aromatic carbocycles. The van der Waals surface area contributed by atoms with Gasteiger partial charge in [-0.1, -0.05) is 0 Å². The molecule has 1 rings (SSSR count). The number of carbonyl (C=O) groups is 2. The van der Waals surface area contributed by atoms with Gasteiger partial charge in [-0.15, -0.1) is 0 Å². The molecule has 0 amide bonds. The van der Waals surface area contributed by atoms with E-state index in [2.05, 4.69) is 0 Å². The van der Waals surface area contributed by atoms with Crippen molar-refractivity contribution < 1.29 is 14.3 Å². The summed E-state index contributed by atoms with van der Waals surface area (Å²) in [5.74, 6) is 0.0960. The Balaban J connectivity index is 2.58. The van der Waals surface area contributed by atoms with Gasteiger partial charge in [0.25, 0.3) is 0 Å². The first-order chi connectivity index (χ1) is 6.73. The summed E-state index contributed by atoms with van der Waals surface area (Å²) in [4.78, 5) is 22.8. The largest absolute Gasteiger partial charge is 0.459 e. The molecule has 15 heavy (non-hydrogen) atoms. The smallest absolute Gasteiger partial charge is 0.311 e. The zero-order valence-corrected chi connectivity index (χ0v) is 10.1. The molecule has 0 unspecified atom stereocenters. The SMILES string of the molecule is CC1(OC(=O)C(C)(C)C)CCC(=O)CC1. The molecule has 86 valence electrons. The van der Waals surface area contributed by atoms with Crippen LogP contribution in [0.2, 0.25) is 0 Å². The van der Waals surface area contributed by atoms with E-state index in [0.29, 0.717) is 25.7 Å². The van der Waals surface area contributed by atoms with Crippen molar-refractivity contribution in [3.63, 3.8) is 0 Å². The van der Waals surface area contributed by atoms with E-state index in [4.69, 9.17) is 4.74 Å². The molecule has 0 aromatic heterocycles. The summed E-state index contributed by atoms with van der Waals surface area (Å²) in [6.45, 7) is 7.44. The van der Waals surface area contributed by atoms with Crippen molar-refractivity contribution in [3.8, 4) is 0 Å². The van der Waals surface area contributed by atoms with Gasteiger partial charge in [0.2, 0.25) is 0 Å². The van der Waals surface area contributed by atoms with Gasteiger partial charge in [0.15, 0.2) is 0 Å². The highest BCUT2D eigenvalue weighted by Crippen LogP contribution is 2.31. The summed E-state index contributed by atoms with van der Waals surface area (Å²) in [5.41, 5.74) is -0.900. The lowest BCUT2D eigenvalue weighted by atomic mass is 9.85. The van der Waals surface area contributed by atoms with Crippen LogP contribution >= 0.6 is 0 Å². The van der Waals surface area contributed by atoms with Crippen molar-refractivity contribution in [2.45, 2.75) is 59.0 Å². The van der Waals surface area contributed by atoms with Crippen LogP contribution in [-0.2, 0) is 14.3 Å². The first kappa shape index (κ1) is 12.2. The lowest BCUT2D eigenvalue weighted by molar-refractivity contribution is -0.172. The molecule has 0 radical (unpaired) electrons. The molecule has 3 nitrogen and oxygen atoms in total. The summed E-state index contributed by atoms with van der Waals surface area (Å²) in [5, 5.41) is 0. The van der Waals surface area contributed by atoms with Crippen LogP contribution in [-0.4, -0.2) is 17.4 Å². The molecule has 0 aliphatic heterocycles. The Hall–Kier alpha value is -0.860. The van der Waals surface area contributed by atoms with E-state index >= 15 is 0 Å². The fourth-order valence-electron chi connectivity index (χ4n) is 1.54. The number of Topliss-reactive ketones (excluding diaryl/α,β-unsaturated/α-hetero) is 1. The highest BCUT2D eigenvalue weighted by atomic mass is 16.6. The minimum atomic E-state index is -0.468. The third kappa shape index (κ3) is 3.33. The maximum Gasteiger partial charge on any atom is 0.311 e. The standard InChI is InChI=1S/C12H20O3/c1-11(2,3)10(14)15-12(4)7-5-9(13)6-8-12/h5-8H2,1-4H3. The molecule has 0 saturated heterocycles. The lowest BCUT2D eigenvalue weighted by Crippen LogP contribution is -2.39. The molecule has 1 fully saturated rings. The molecular formula is C12H20O3. The molecule has 0 spiro atoms. The maximum absolute atomic E-state index is 11.7.